The van der Waals surface area contributed by atoms with Crippen LogP contribution >= 0.6 is 0 Å². The Labute approximate surface area is 119 Å². The van der Waals surface area contributed by atoms with Gasteiger partial charge >= 0.3 is 0 Å². The van der Waals surface area contributed by atoms with Crippen molar-refractivity contribution >= 4 is 5.91 Å². The van der Waals surface area contributed by atoms with Crippen molar-refractivity contribution in [3.8, 4) is 0 Å². The first-order valence-electron chi connectivity index (χ1n) is 6.92. The number of rotatable bonds is 4. The fraction of sp³-hybridized carbons (Fsp3) is 0.375. The Kier molecular flexibility index (Phi) is 4.23. The number of aromatic nitrogens is 2. The number of nitrogens with one attached hydrogen (secondary N) is 1. The van der Waals surface area contributed by atoms with Crippen LogP contribution in [0.4, 0.5) is 0 Å². The number of carbonyl (C=O) groups is 1. The number of hydrogen-bond acceptors (Lipinski definition) is 2. The molecule has 0 bridgehead atoms. The van der Waals surface area contributed by atoms with E-state index >= 15 is 0 Å². The Hall–Kier alpha value is -2.10. The van der Waals surface area contributed by atoms with Crippen molar-refractivity contribution in [2.45, 2.75) is 40.3 Å². The summed E-state index contributed by atoms with van der Waals surface area (Å²) in [5.74, 6) is -0.0511. The lowest BCUT2D eigenvalue weighted by Gasteiger charge is -2.13. The highest BCUT2D eigenvalue weighted by Crippen LogP contribution is 2.17. The lowest BCUT2D eigenvalue weighted by Crippen LogP contribution is -2.26. The molecule has 0 aliphatic heterocycles. The van der Waals surface area contributed by atoms with E-state index in [0.717, 1.165) is 23.4 Å². The number of amides is 1. The zero-order valence-electron chi connectivity index (χ0n) is 12.5. The molecule has 1 unspecified atom stereocenters. The highest BCUT2D eigenvalue weighted by molar-refractivity contribution is 5.94. The standard InChI is InChI=1S/C16H21N3O/c1-5-19-10-15(13(4)18-19)12(3)17-16(20)14-8-6-7-11(2)9-14/h6-10,12H,5H2,1-4H3,(H,17,20). The van der Waals surface area contributed by atoms with E-state index in [4.69, 9.17) is 0 Å². The average molecular weight is 271 g/mol. The normalized spacial score (nSPS) is 12.2. The largest absolute Gasteiger partial charge is 0.345 e. The van der Waals surface area contributed by atoms with Crippen molar-refractivity contribution in [1.29, 1.82) is 0 Å². The number of benzene rings is 1. The first kappa shape index (κ1) is 14.3. The maximum absolute atomic E-state index is 12.2. The summed E-state index contributed by atoms with van der Waals surface area (Å²) in [4.78, 5) is 12.2. The predicted molar refractivity (Wildman–Crippen MR) is 79.7 cm³/mol. The lowest BCUT2D eigenvalue weighted by molar-refractivity contribution is 0.0939. The third kappa shape index (κ3) is 3.07. The summed E-state index contributed by atoms with van der Waals surface area (Å²) in [5, 5.41) is 7.44. The van der Waals surface area contributed by atoms with Gasteiger partial charge in [-0.25, -0.2) is 0 Å². The highest BCUT2D eigenvalue weighted by Gasteiger charge is 2.15. The second-order valence-electron chi connectivity index (χ2n) is 5.09. The van der Waals surface area contributed by atoms with Crippen molar-refractivity contribution in [2.75, 3.05) is 0 Å². The van der Waals surface area contributed by atoms with Crippen LogP contribution in [-0.2, 0) is 6.54 Å². The fourth-order valence-electron chi connectivity index (χ4n) is 2.26. The molecule has 0 spiro atoms. The van der Waals surface area contributed by atoms with Gasteiger partial charge in [-0.3, -0.25) is 9.48 Å². The van der Waals surface area contributed by atoms with E-state index in [1.165, 1.54) is 0 Å². The molecule has 20 heavy (non-hydrogen) atoms. The lowest BCUT2D eigenvalue weighted by atomic mass is 10.1. The Morgan fingerprint density at radius 3 is 2.75 bits per heavy atom. The number of carbonyl (C=O) groups excluding carboxylic acids is 1. The molecule has 1 amide bonds. The molecule has 0 saturated carbocycles. The van der Waals surface area contributed by atoms with Crippen molar-refractivity contribution in [2.24, 2.45) is 0 Å². The quantitative estimate of drug-likeness (QED) is 0.929. The monoisotopic (exact) mass is 271 g/mol. The summed E-state index contributed by atoms with van der Waals surface area (Å²) in [6, 6.07) is 7.55. The van der Waals surface area contributed by atoms with Crippen LogP contribution in [0.3, 0.4) is 0 Å². The van der Waals surface area contributed by atoms with Gasteiger partial charge in [-0.1, -0.05) is 17.7 Å². The topological polar surface area (TPSA) is 46.9 Å². The van der Waals surface area contributed by atoms with Crippen LogP contribution in [0.15, 0.2) is 30.5 Å². The van der Waals surface area contributed by atoms with Crippen LogP contribution in [0, 0.1) is 13.8 Å². The minimum absolute atomic E-state index is 0.0511. The van der Waals surface area contributed by atoms with Gasteiger partial charge in [0.2, 0.25) is 0 Å². The van der Waals surface area contributed by atoms with Crippen molar-refractivity contribution in [3.63, 3.8) is 0 Å². The molecule has 1 heterocycles. The summed E-state index contributed by atoms with van der Waals surface area (Å²) in [6.07, 6.45) is 2.00. The van der Waals surface area contributed by atoms with Gasteiger partial charge in [0.05, 0.1) is 11.7 Å². The van der Waals surface area contributed by atoms with Gasteiger partial charge in [0.1, 0.15) is 0 Å². The van der Waals surface area contributed by atoms with Crippen LogP contribution < -0.4 is 5.32 Å². The third-order valence-corrected chi connectivity index (χ3v) is 3.40. The summed E-state index contributed by atoms with van der Waals surface area (Å²) >= 11 is 0. The van der Waals surface area contributed by atoms with E-state index in [2.05, 4.69) is 10.4 Å². The van der Waals surface area contributed by atoms with Gasteiger partial charge in [0, 0.05) is 23.9 Å². The third-order valence-electron chi connectivity index (χ3n) is 3.40. The zero-order valence-corrected chi connectivity index (χ0v) is 12.5. The molecule has 4 nitrogen and oxygen atoms in total. The molecule has 1 aromatic heterocycles. The summed E-state index contributed by atoms with van der Waals surface area (Å²) in [7, 11) is 0. The highest BCUT2D eigenvalue weighted by atomic mass is 16.1. The summed E-state index contributed by atoms with van der Waals surface area (Å²) < 4.78 is 1.89. The average Bonchev–Trinajstić information content (AvgIpc) is 2.80. The zero-order chi connectivity index (χ0) is 14.7. The first-order chi connectivity index (χ1) is 9.51. The van der Waals surface area contributed by atoms with Crippen LogP contribution in [0.5, 0.6) is 0 Å². The number of nitrogens with zero attached hydrogens (tertiary/aromatic N) is 2. The molecule has 0 radical (unpaired) electrons. The van der Waals surface area contributed by atoms with E-state index < -0.39 is 0 Å². The predicted octanol–water partition coefficient (Wildman–Crippen LogP) is 3.01. The summed E-state index contributed by atoms with van der Waals surface area (Å²) in [6.45, 7) is 8.82. The van der Waals surface area contributed by atoms with Gasteiger partial charge < -0.3 is 5.32 Å². The van der Waals surface area contributed by atoms with Gasteiger partial charge in [0.25, 0.3) is 5.91 Å². The molecule has 106 valence electrons. The van der Waals surface area contributed by atoms with Gasteiger partial charge in [-0.15, -0.1) is 0 Å². The smallest absolute Gasteiger partial charge is 0.251 e. The second-order valence-corrected chi connectivity index (χ2v) is 5.09. The maximum atomic E-state index is 12.2. The molecule has 1 aromatic carbocycles. The molecule has 4 heteroatoms. The van der Waals surface area contributed by atoms with Crippen LogP contribution in [0.1, 0.15) is 47.1 Å². The minimum atomic E-state index is -0.0525. The Balaban J connectivity index is 2.12. The molecule has 0 aliphatic rings. The Morgan fingerprint density at radius 1 is 1.40 bits per heavy atom. The van der Waals surface area contributed by atoms with E-state index in [0.29, 0.717) is 5.56 Å². The Bertz CT molecular complexity index is 616. The maximum Gasteiger partial charge on any atom is 0.251 e. The van der Waals surface area contributed by atoms with Crippen LogP contribution in [0.25, 0.3) is 0 Å². The van der Waals surface area contributed by atoms with Crippen molar-refractivity contribution in [3.05, 3.63) is 52.8 Å². The van der Waals surface area contributed by atoms with Crippen LogP contribution in [0.2, 0.25) is 0 Å². The van der Waals surface area contributed by atoms with E-state index in [1.54, 1.807) is 0 Å². The number of aryl methyl sites for hydroxylation is 3. The SMILES string of the molecule is CCn1cc(C(C)NC(=O)c2cccc(C)c2)c(C)n1. The van der Waals surface area contributed by atoms with E-state index in [1.807, 2.05) is 62.8 Å². The molecule has 1 atom stereocenters. The van der Waals surface area contributed by atoms with Crippen molar-refractivity contribution < 1.29 is 4.79 Å². The van der Waals surface area contributed by atoms with Gasteiger partial charge in [-0.05, 0) is 39.8 Å². The van der Waals surface area contributed by atoms with Crippen LogP contribution in [-0.4, -0.2) is 15.7 Å². The molecular formula is C16H21N3O. The molecule has 2 rings (SSSR count). The molecule has 1 N–H and O–H groups in total. The molecule has 0 saturated heterocycles. The molecule has 0 fully saturated rings. The van der Waals surface area contributed by atoms with Crippen molar-refractivity contribution in [1.82, 2.24) is 15.1 Å². The molecule has 2 aromatic rings. The number of hydrogen-bond donors (Lipinski definition) is 1. The minimum Gasteiger partial charge on any atom is -0.345 e. The Morgan fingerprint density at radius 2 is 2.15 bits per heavy atom. The molecular weight excluding hydrogens is 250 g/mol. The van der Waals surface area contributed by atoms with E-state index in [9.17, 15) is 4.79 Å². The van der Waals surface area contributed by atoms with Gasteiger partial charge in [-0.2, -0.15) is 5.10 Å². The molecule has 0 aliphatic carbocycles. The summed E-state index contributed by atoms with van der Waals surface area (Å²) in [5.41, 5.74) is 3.80. The second kappa shape index (κ2) is 5.90. The van der Waals surface area contributed by atoms with Gasteiger partial charge in [0.15, 0.2) is 0 Å². The van der Waals surface area contributed by atoms with E-state index in [-0.39, 0.29) is 11.9 Å². The first-order valence-corrected chi connectivity index (χ1v) is 6.92. The fourth-order valence-corrected chi connectivity index (χ4v) is 2.26.